The highest BCUT2D eigenvalue weighted by atomic mass is 35.5. The molecule has 4 rings (SSSR count). The molecule has 1 saturated heterocycles. The summed E-state index contributed by atoms with van der Waals surface area (Å²) in [7, 11) is 0. The third-order valence-electron chi connectivity index (χ3n) is 3.68. The van der Waals surface area contributed by atoms with Gasteiger partial charge in [0.1, 0.15) is 10.4 Å². The first-order valence-electron chi connectivity index (χ1n) is 7.31. The van der Waals surface area contributed by atoms with Crippen LogP contribution in [0.2, 0.25) is 5.02 Å². The molecule has 1 aliphatic heterocycles. The van der Waals surface area contributed by atoms with Crippen LogP contribution in [-0.2, 0) is 4.79 Å². The average molecular weight is 374 g/mol. The predicted octanol–water partition coefficient (Wildman–Crippen LogP) is 4.64. The Labute approximate surface area is 152 Å². The van der Waals surface area contributed by atoms with Crippen LogP contribution >= 0.6 is 34.7 Å². The second-order valence-corrected chi connectivity index (χ2v) is 7.64. The summed E-state index contributed by atoms with van der Waals surface area (Å²) in [6.45, 7) is 0. The van der Waals surface area contributed by atoms with Gasteiger partial charge in [-0.3, -0.25) is 9.69 Å². The molecular weight excluding hydrogens is 362 g/mol. The number of aromatic nitrogens is 2. The lowest BCUT2D eigenvalue weighted by Gasteiger charge is -2.21. The third-order valence-corrected chi connectivity index (χ3v) is 6.19. The van der Waals surface area contributed by atoms with Gasteiger partial charge in [-0.2, -0.15) is 0 Å². The largest absolute Gasteiger partial charge is 0.273 e. The zero-order valence-electron chi connectivity index (χ0n) is 12.4. The van der Waals surface area contributed by atoms with Gasteiger partial charge < -0.3 is 0 Å². The van der Waals surface area contributed by atoms with Gasteiger partial charge in [-0.15, -0.1) is 22.0 Å². The molecule has 0 spiro atoms. The Morgan fingerprint density at radius 3 is 2.58 bits per heavy atom. The topological polar surface area (TPSA) is 46.1 Å². The lowest BCUT2D eigenvalue weighted by Crippen LogP contribution is -2.27. The van der Waals surface area contributed by atoms with Gasteiger partial charge in [-0.05, 0) is 6.07 Å². The normalized spacial score (nSPS) is 17.5. The maximum atomic E-state index is 12.4. The van der Waals surface area contributed by atoms with Gasteiger partial charge in [0, 0.05) is 16.1 Å². The van der Waals surface area contributed by atoms with Crippen molar-refractivity contribution in [3.05, 3.63) is 65.2 Å². The molecule has 120 valence electrons. The van der Waals surface area contributed by atoms with Gasteiger partial charge in [-0.25, -0.2) is 0 Å². The number of anilines is 1. The Kier molecular flexibility index (Phi) is 4.26. The molecule has 24 heavy (non-hydrogen) atoms. The molecule has 0 radical (unpaired) electrons. The molecule has 1 fully saturated rings. The maximum absolute atomic E-state index is 12.4. The van der Waals surface area contributed by atoms with Crippen LogP contribution in [0.15, 0.2) is 54.6 Å². The van der Waals surface area contributed by atoms with E-state index in [0.29, 0.717) is 15.9 Å². The van der Waals surface area contributed by atoms with E-state index in [0.717, 1.165) is 16.1 Å². The van der Waals surface area contributed by atoms with Crippen molar-refractivity contribution in [2.45, 2.75) is 5.37 Å². The molecule has 3 aromatic rings. The molecule has 0 saturated carbocycles. The fraction of sp³-hybridized carbons (Fsp3) is 0.118. The number of rotatable bonds is 3. The molecule has 1 atom stereocenters. The summed E-state index contributed by atoms with van der Waals surface area (Å²) in [5, 5.41) is 10.4. The highest BCUT2D eigenvalue weighted by molar-refractivity contribution is 8.00. The van der Waals surface area contributed by atoms with Gasteiger partial charge in [0.05, 0.1) is 5.75 Å². The van der Waals surface area contributed by atoms with E-state index < -0.39 is 0 Å². The first-order chi connectivity index (χ1) is 11.7. The number of benzene rings is 2. The van der Waals surface area contributed by atoms with Gasteiger partial charge >= 0.3 is 0 Å². The van der Waals surface area contributed by atoms with Crippen molar-refractivity contribution in [1.82, 2.24) is 10.2 Å². The Bertz CT molecular complexity index is 884. The summed E-state index contributed by atoms with van der Waals surface area (Å²) in [6.07, 6.45) is 0. The van der Waals surface area contributed by atoms with E-state index in [4.69, 9.17) is 11.6 Å². The van der Waals surface area contributed by atoms with Crippen molar-refractivity contribution in [3.63, 3.8) is 0 Å². The lowest BCUT2D eigenvalue weighted by atomic mass is 10.2. The number of hydrogen-bond acceptors (Lipinski definition) is 5. The van der Waals surface area contributed by atoms with E-state index in [1.165, 1.54) is 11.3 Å². The molecule has 7 heteroatoms. The second kappa shape index (κ2) is 6.55. The zero-order valence-corrected chi connectivity index (χ0v) is 14.8. The summed E-state index contributed by atoms with van der Waals surface area (Å²) < 4.78 is 0. The van der Waals surface area contributed by atoms with E-state index in [2.05, 4.69) is 10.2 Å². The summed E-state index contributed by atoms with van der Waals surface area (Å²) in [6, 6.07) is 17.4. The standard InChI is InChI=1S/C17H12ClN3OS2/c18-13-9-5-4-8-12(13)16-21(14(22)10-23-16)17-20-19-15(24-17)11-6-2-1-3-7-11/h1-9,16H,10H2. The van der Waals surface area contributed by atoms with Gasteiger partial charge in [-0.1, -0.05) is 71.5 Å². The van der Waals surface area contributed by atoms with Crippen molar-refractivity contribution in [3.8, 4) is 10.6 Å². The van der Waals surface area contributed by atoms with Gasteiger partial charge in [0.25, 0.3) is 0 Å². The number of thioether (sulfide) groups is 1. The number of halogens is 1. The summed E-state index contributed by atoms with van der Waals surface area (Å²) in [4.78, 5) is 14.1. The number of carbonyl (C=O) groups is 1. The van der Waals surface area contributed by atoms with E-state index in [1.54, 1.807) is 16.7 Å². The number of nitrogens with zero attached hydrogens (tertiary/aromatic N) is 3. The van der Waals surface area contributed by atoms with E-state index in [1.807, 2.05) is 54.6 Å². The molecule has 0 aliphatic carbocycles. The maximum Gasteiger partial charge on any atom is 0.240 e. The third kappa shape index (κ3) is 2.81. The molecule has 1 unspecified atom stereocenters. The van der Waals surface area contributed by atoms with Crippen LogP contribution in [0.5, 0.6) is 0 Å². The monoisotopic (exact) mass is 373 g/mol. The van der Waals surface area contributed by atoms with Crippen LogP contribution < -0.4 is 4.90 Å². The fourth-order valence-corrected chi connectivity index (χ4v) is 5.00. The molecule has 2 aromatic carbocycles. The second-order valence-electron chi connectivity index (χ2n) is 5.20. The van der Waals surface area contributed by atoms with Crippen molar-refractivity contribution in [2.24, 2.45) is 0 Å². The van der Waals surface area contributed by atoms with E-state index >= 15 is 0 Å². The van der Waals surface area contributed by atoms with E-state index in [9.17, 15) is 4.79 Å². The molecule has 0 N–H and O–H groups in total. The zero-order chi connectivity index (χ0) is 16.5. The number of hydrogen-bond donors (Lipinski definition) is 0. The quantitative estimate of drug-likeness (QED) is 0.671. The van der Waals surface area contributed by atoms with Crippen LogP contribution in [0.1, 0.15) is 10.9 Å². The Morgan fingerprint density at radius 2 is 1.79 bits per heavy atom. The van der Waals surface area contributed by atoms with Crippen molar-refractivity contribution >= 4 is 45.7 Å². The van der Waals surface area contributed by atoms with Crippen molar-refractivity contribution < 1.29 is 4.79 Å². The Morgan fingerprint density at radius 1 is 1.04 bits per heavy atom. The minimum absolute atomic E-state index is 0.0284. The molecule has 1 aromatic heterocycles. The van der Waals surface area contributed by atoms with Crippen LogP contribution in [0.3, 0.4) is 0 Å². The number of carbonyl (C=O) groups excluding carboxylic acids is 1. The SMILES string of the molecule is O=C1CSC(c2ccccc2Cl)N1c1nnc(-c2ccccc2)s1. The highest BCUT2D eigenvalue weighted by Gasteiger charge is 2.37. The van der Waals surface area contributed by atoms with Gasteiger partial charge in [0.2, 0.25) is 11.0 Å². The molecule has 1 aliphatic rings. The lowest BCUT2D eigenvalue weighted by molar-refractivity contribution is -0.115. The fourth-order valence-electron chi connectivity index (χ4n) is 2.55. The average Bonchev–Trinajstić information content (AvgIpc) is 3.23. The number of amides is 1. The summed E-state index contributed by atoms with van der Waals surface area (Å²) >= 11 is 9.30. The molecule has 0 bridgehead atoms. The Hall–Kier alpha value is -1.89. The van der Waals surface area contributed by atoms with Crippen LogP contribution in [0, 0.1) is 0 Å². The first kappa shape index (κ1) is 15.6. The minimum Gasteiger partial charge on any atom is -0.273 e. The van der Waals surface area contributed by atoms with Gasteiger partial charge in [0.15, 0.2) is 0 Å². The highest BCUT2D eigenvalue weighted by Crippen LogP contribution is 2.45. The smallest absolute Gasteiger partial charge is 0.240 e. The molecule has 1 amide bonds. The minimum atomic E-state index is -0.164. The molecular formula is C17H12ClN3OS2. The molecule has 2 heterocycles. The van der Waals surface area contributed by atoms with Crippen LogP contribution in [0.4, 0.5) is 5.13 Å². The van der Waals surface area contributed by atoms with Crippen LogP contribution in [-0.4, -0.2) is 21.9 Å². The first-order valence-corrected chi connectivity index (χ1v) is 9.55. The molecule has 4 nitrogen and oxygen atoms in total. The van der Waals surface area contributed by atoms with E-state index in [-0.39, 0.29) is 11.3 Å². The Balaban J connectivity index is 1.71. The summed E-state index contributed by atoms with van der Waals surface area (Å²) in [5.74, 6) is 0.441. The van der Waals surface area contributed by atoms with Crippen molar-refractivity contribution in [2.75, 3.05) is 10.7 Å². The predicted molar refractivity (Wildman–Crippen MR) is 99.5 cm³/mol. The van der Waals surface area contributed by atoms with Crippen molar-refractivity contribution in [1.29, 1.82) is 0 Å². The van der Waals surface area contributed by atoms with Crippen LogP contribution in [0.25, 0.3) is 10.6 Å². The summed E-state index contributed by atoms with van der Waals surface area (Å²) in [5.41, 5.74) is 1.92.